The maximum atomic E-state index is 13.4. The quantitative estimate of drug-likeness (QED) is 0.655. The second kappa shape index (κ2) is 7.84. The van der Waals surface area contributed by atoms with Gasteiger partial charge >= 0.3 is 0 Å². The lowest BCUT2D eigenvalue weighted by Gasteiger charge is -2.34. The molecule has 1 heterocycles. The van der Waals surface area contributed by atoms with Crippen LogP contribution in [0.2, 0.25) is 5.02 Å². The van der Waals surface area contributed by atoms with Gasteiger partial charge in [0.1, 0.15) is 11.6 Å². The Bertz CT molecular complexity index is 916. The molecule has 1 aliphatic carbocycles. The summed E-state index contributed by atoms with van der Waals surface area (Å²) in [6.45, 7) is 0. The third-order valence-electron chi connectivity index (χ3n) is 4.60. The molecule has 0 bridgehead atoms. The van der Waals surface area contributed by atoms with Gasteiger partial charge in [-0.1, -0.05) is 47.1 Å². The fraction of sp³-hybridized carbons (Fsp3) is 0.263. The summed E-state index contributed by atoms with van der Waals surface area (Å²) in [5, 5.41) is 4.03. The van der Waals surface area contributed by atoms with Gasteiger partial charge in [-0.2, -0.15) is 4.98 Å². The average molecular weight is 410 g/mol. The second-order valence-corrected chi connectivity index (χ2v) is 6.86. The Morgan fingerprint density at radius 1 is 1.19 bits per heavy atom. The van der Waals surface area contributed by atoms with E-state index in [9.17, 15) is 4.39 Å². The van der Waals surface area contributed by atoms with Gasteiger partial charge in [0, 0.05) is 11.6 Å². The molecule has 3 aromatic rings. The lowest BCUT2D eigenvalue weighted by atomic mass is 9.77. The Morgan fingerprint density at radius 2 is 1.93 bits per heavy atom. The van der Waals surface area contributed by atoms with Crippen LogP contribution in [0.3, 0.4) is 0 Å². The fourth-order valence-electron chi connectivity index (χ4n) is 2.90. The van der Waals surface area contributed by atoms with E-state index >= 15 is 0 Å². The maximum absolute atomic E-state index is 13.4. The number of rotatable bonds is 5. The van der Waals surface area contributed by atoms with Gasteiger partial charge in [0.2, 0.25) is 6.10 Å². The molecule has 142 valence electrons. The zero-order valence-electron chi connectivity index (χ0n) is 14.3. The summed E-state index contributed by atoms with van der Waals surface area (Å²) in [5.41, 5.74) is 6.58. The van der Waals surface area contributed by atoms with Crippen molar-refractivity contribution in [3.63, 3.8) is 0 Å². The summed E-state index contributed by atoms with van der Waals surface area (Å²) in [5.74, 6) is 0.672. The fourth-order valence-corrected chi connectivity index (χ4v) is 3.07. The highest BCUT2D eigenvalue weighted by molar-refractivity contribution is 6.30. The molecule has 2 aromatic carbocycles. The number of hydrogen-bond acceptors (Lipinski definition) is 5. The molecule has 0 spiro atoms. The van der Waals surface area contributed by atoms with E-state index in [0.29, 0.717) is 17.5 Å². The molecule has 5 nitrogen and oxygen atoms in total. The third-order valence-corrected chi connectivity index (χ3v) is 4.89. The van der Waals surface area contributed by atoms with Crippen molar-refractivity contribution >= 4 is 24.0 Å². The predicted molar refractivity (Wildman–Crippen MR) is 102 cm³/mol. The van der Waals surface area contributed by atoms with Crippen molar-refractivity contribution in [2.24, 2.45) is 5.73 Å². The van der Waals surface area contributed by atoms with Gasteiger partial charge in [-0.25, -0.2) is 4.39 Å². The van der Waals surface area contributed by atoms with Gasteiger partial charge in [0.05, 0.1) is 10.6 Å². The number of aromatic nitrogens is 2. The van der Waals surface area contributed by atoms with Crippen LogP contribution in [0.4, 0.5) is 4.39 Å². The molecule has 1 fully saturated rings. The first-order chi connectivity index (χ1) is 12.5. The largest absolute Gasteiger partial charge is 0.476 e. The molecule has 1 atom stereocenters. The van der Waals surface area contributed by atoms with Crippen LogP contribution in [0.15, 0.2) is 53.1 Å². The van der Waals surface area contributed by atoms with E-state index in [-0.39, 0.29) is 17.4 Å². The van der Waals surface area contributed by atoms with E-state index in [0.717, 1.165) is 24.8 Å². The lowest BCUT2D eigenvalue weighted by Crippen LogP contribution is -2.44. The van der Waals surface area contributed by atoms with Crippen molar-refractivity contribution in [3.05, 3.63) is 76.6 Å². The van der Waals surface area contributed by atoms with Crippen molar-refractivity contribution in [3.8, 4) is 5.75 Å². The molecule has 4 rings (SSSR count). The summed E-state index contributed by atoms with van der Waals surface area (Å²) in [6, 6.07) is 13.6. The smallest absolute Gasteiger partial charge is 0.272 e. The summed E-state index contributed by atoms with van der Waals surface area (Å²) in [4.78, 5) is 4.48. The lowest BCUT2D eigenvalue weighted by molar-refractivity contribution is 0.191. The van der Waals surface area contributed by atoms with Crippen molar-refractivity contribution in [1.29, 1.82) is 0 Å². The molecule has 0 saturated heterocycles. The van der Waals surface area contributed by atoms with Crippen LogP contribution in [0.1, 0.15) is 42.6 Å². The number of halogens is 3. The molecule has 1 aromatic heterocycles. The zero-order valence-corrected chi connectivity index (χ0v) is 15.8. The summed E-state index contributed by atoms with van der Waals surface area (Å²) < 4.78 is 24.9. The molecular formula is C19H18Cl2FN3O2. The second-order valence-electron chi connectivity index (χ2n) is 6.45. The third kappa shape index (κ3) is 3.93. The Labute approximate surface area is 167 Å². The zero-order chi connectivity index (χ0) is 18.1. The van der Waals surface area contributed by atoms with Crippen molar-refractivity contribution < 1.29 is 13.7 Å². The minimum atomic E-state index is -0.650. The molecule has 2 N–H and O–H groups in total. The van der Waals surface area contributed by atoms with E-state index in [1.807, 2.05) is 30.3 Å². The van der Waals surface area contributed by atoms with E-state index in [2.05, 4.69) is 10.1 Å². The van der Waals surface area contributed by atoms with Crippen molar-refractivity contribution in [2.45, 2.75) is 30.9 Å². The van der Waals surface area contributed by atoms with E-state index < -0.39 is 17.5 Å². The van der Waals surface area contributed by atoms with Crippen LogP contribution in [-0.4, -0.2) is 10.1 Å². The minimum Gasteiger partial charge on any atom is -0.476 e. The van der Waals surface area contributed by atoms with Gasteiger partial charge in [0.25, 0.3) is 5.89 Å². The average Bonchev–Trinajstić information content (AvgIpc) is 3.11. The van der Waals surface area contributed by atoms with E-state index in [1.165, 1.54) is 18.2 Å². The number of benzene rings is 2. The number of hydrogen-bond donors (Lipinski definition) is 1. The number of nitrogens with zero attached hydrogens (tertiary/aromatic N) is 2. The molecule has 1 unspecified atom stereocenters. The summed E-state index contributed by atoms with van der Waals surface area (Å²) in [6.07, 6.45) is 2.06. The van der Waals surface area contributed by atoms with Crippen LogP contribution >= 0.6 is 24.0 Å². The van der Waals surface area contributed by atoms with Crippen LogP contribution in [0, 0.1) is 5.82 Å². The molecule has 0 aliphatic heterocycles. The van der Waals surface area contributed by atoms with Crippen molar-refractivity contribution in [2.75, 3.05) is 0 Å². The first kappa shape index (κ1) is 19.6. The summed E-state index contributed by atoms with van der Waals surface area (Å²) >= 11 is 5.86. The predicted octanol–water partition coefficient (Wildman–Crippen LogP) is 4.79. The molecule has 0 amide bonds. The highest BCUT2D eigenvalue weighted by atomic mass is 35.5. The topological polar surface area (TPSA) is 74.2 Å². The minimum absolute atomic E-state index is 0. The number of ether oxygens (including phenoxy) is 1. The first-order valence-electron chi connectivity index (χ1n) is 8.35. The van der Waals surface area contributed by atoms with Crippen LogP contribution in [-0.2, 0) is 5.54 Å². The Balaban J connectivity index is 0.00000210. The van der Waals surface area contributed by atoms with E-state index in [4.69, 9.17) is 26.6 Å². The summed E-state index contributed by atoms with van der Waals surface area (Å²) in [7, 11) is 0. The van der Waals surface area contributed by atoms with Gasteiger partial charge in [0.15, 0.2) is 5.82 Å². The standard InChI is InChI=1S/C19H17ClFN3O2.ClH/c20-14-11-13(7-8-15(14)21)25-16(12-5-2-1-3-6-12)17-23-18(24-26-17)19(22)9-4-10-19;/h1-3,5-8,11,16H,4,9-10,22H2;1H. The van der Waals surface area contributed by atoms with Crippen LogP contribution in [0.5, 0.6) is 5.75 Å². The monoisotopic (exact) mass is 409 g/mol. The molecule has 27 heavy (non-hydrogen) atoms. The van der Waals surface area contributed by atoms with Gasteiger partial charge in [-0.15, -0.1) is 12.4 Å². The first-order valence-corrected chi connectivity index (χ1v) is 8.73. The Morgan fingerprint density at radius 3 is 2.56 bits per heavy atom. The maximum Gasteiger partial charge on any atom is 0.272 e. The van der Waals surface area contributed by atoms with Gasteiger partial charge < -0.3 is 15.0 Å². The van der Waals surface area contributed by atoms with Crippen molar-refractivity contribution in [1.82, 2.24) is 10.1 Å². The molecular weight excluding hydrogens is 392 g/mol. The molecule has 1 aliphatic rings. The van der Waals surface area contributed by atoms with Crippen LogP contribution in [0.25, 0.3) is 0 Å². The normalized spacial score (nSPS) is 16.1. The SMILES string of the molecule is Cl.NC1(c2noc(C(Oc3ccc(F)c(Cl)c3)c3ccccc3)n2)CCC1. The Kier molecular flexibility index (Phi) is 5.69. The number of nitrogens with two attached hydrogens (primary N) is 1. The van der Waals surface area contributed by atoms with E-state index in [1.54, 1.807) is 0 Å². The molecule has 1 saturated carbocycles. The highest BCUT2D eigenvalue weighted by Gasteiger charge is 2.40. The molecule has 8 heteroatoms. The Hall–Kier alpha value is -2.15. The van der Waals surface area contributed by atoms with Crippen LogP contribution < -0.4 is 10.5 Å². The van der Waals surface area contributed by atoms with Gasteiger partial charge in [-0.3, -0.25) is 0 Å². The van der Waals surface area contributed by atoms with Gasteiger partial charge in [-0.05, 0) is 31.4 Å². The molecule has 0 radical (unpaired) electrons. The highest BCUT2D eigenvalue weighted by Crippen LogP contribution is 2.38.